The fourth-order valence-corrected chi connectivity index (χ4v) is 1.83. The Bertz CT molecular complexity index is 359. The molecule has 0 fully saturated rings. The first-order valence-electron chi connectivity index (χ1n) is 4.90. The van der Waals surface area contributed by atoms with Crippen LogP contribution in [0.2, 0.25) is 0 Å². The van der Waals surface area contributed by atoms with Crippen molar-refractivity contribution in [3.05, 3.63) is 29.3 Å². The van der Waals surface area contributed by atoms with Gasteiger partial charge in [-0.3, -0.25) is 0 Å². The Morgan fingerprint density at radius 3 is 2.60 bits per heavy atom. The normalized spacial score (nSPS) is 10.5. The molecular formula is C12H16O2S. The molecule has 0 aromatic heterocycles. The highest BCUT2D eigenvalue weighted by molar-refractivity contribution is 7.98. The Balaban J connectivity index is 3.00. The van der Waals surface area contributed by atoms with Crippen LogP contribution in [0.15, 0.2) is 23.1 Å². The number of hydrogen-bond donors (Lipinski definition) is 0. The monoisotopic (exact) mass is 224 g/mol. The lowest BCUT2D eigenvalue weighted by Crippen LogP contribution is -2.12. The number of rotatable bonds is 3. The number of ether oxygens (including phenoxy) is 1. The summed E-state index contributed by atoms with van der Waals surface area (Å²) in [7, 11) is 0. The van der Waals surface area contributed by atoms with Crippen LogP contribution >= 0.6 is 11.8 Å². The quantitative estimate of drug-likeness (QED) is 0.582. The van der Waals surface area contributed by atoms with Crippen LogP contribution in [0.1, 0.15) is 29.8 Å². The summed E-state index contributed by atoms with van der Waals surface area (Å²) in [6.45, 7) is 5.68. The molecule has 0 spiro atoms. The van der Waals surface area contributed by atoms with Crippen molar-refractivity contribution >= 4 is 17.7 Å². The van der Waals surface area contributed by atoms with E-state index in [1.165, 1.54) is 0 Å². The summed E-state index contributed by atoms with van der Waals surface area (Å²) >= 11 is 1.56. The van der Waals surface area contributed by atoms with E-state index < -0.39 is 0 Å². The van der Waals surface area contributed by atoms with Gasteiger partial charge in [-0.05, 0) is 39.2 Å². The Hall–Kier alpha value is -0.960. The summed E-state index contributed by atoms with van der Waals surface area (Å²) in [5, 5.41) is 0. The topological polar surface area (TPSA) is 26.3 Å². The molecule has 0 unspecified atom stereocenters. The Morgan fingerprint density at radius 1 is 1.40 bits per heavy atom. The standard InChI is InChI=1S/C12H16O2S/c1-8(2)14-12(13)10-7-9(3)5-6-11(10)15-4/h5-8H,1-4H3. The van der Waals surface area contributed by atoms with Crippen molar-refractivity contribution in [3.8, 4) is 0 Å². The van der Waals surface area contributed by atoms with E-state index in [9.17, 15) is 4.79 Å². The third-order valence-corrected chi connectivity index (χ3v) is 2.71. The molecule has 2 nitrogen and oxygen atoms in total. The van der Waals surface area contributed by atoms with Gasteiger partial charge in [0.15, 0.2) is 0 Å². The van der Waals surface area contributed by atoms with Crippen LogP contribution < -0.4 is 0 Å². The minimum absolute atomic E-state index is 0.0762. The predicted octanol–water partition coefficient (Wildman–Crippen LogP) is 3.28. The van der Waals surface area contributed by atoms with E-state index in [4.69, 9.17) is 4.74 Å². The SMILES string of the molecule is CSc1ccc(C)cc1C(=O)OC(C)C. The number of carbonyl (C=O) groups is 1. The van der Waals surface area contributed by atoms with E-state index >= 15 is 0 Å². The van der Waals surface area contributed by atoms with E-state index in [1.54, 1.807) is 11.8 Å². The van der Waals surface area contributed by atoms with Crippen LogP contribution in [-0.2, 0) is 4.74 Å². The Labute approximate surface area is 95.0 Å². The molecule has 0 saturated heterocycles. The van der Waals surface area contributed by atoms with Gasteiger partial charge in [0.2, 0.25) is 0 Å². The molecule has 0 amide bonds. The highest BCUT2D eigenvalue weighted by Crippen LogP contribution is 2.22. The molecular weight excluding hydrogens is 208 g/mol. The molecule has 0 N–H and O–H groups in total. The first kappa shape index (κ1) is 12.1. The van der Waals surface area contributed by atoms with Gasteiger partial charge in [0.1, 0.15) is 0 Å². The Morgan fingerprint density at radius 2 is 2.07 bits per heavy atom. The van der Waals surface area contributed by atoms with Crippen LogP contribution in [-0.4, -0.2) is 18.3 Å². The number of esters is 1. The van der Waals surface area contributed by atoms with Crippen molar-refractivity contribution in [2.45, 2.75) is 31.8 Å². The second kappa shape index (κ2) is 5.21. The fraction of sp³-hybridized carbons (Fsp3) is 0.417. The molecule has 0 aliphatic carbocycles. The van der Waals surface area contributed by atoms with Crippen molar-refractivity contribution in [3.63, 3.8) is 0 Å². The van der Waals surface area contributed by atoms with Gasteiger partial charge in [0.25, 0.3) is 0 Å². The zero-order valence-electron chi connectivity index (χ0n) is 9.53. The summed E-state index contributed by atoms with van der Waals surface area (Å²) in [5.41, 5.74) is 1.74. The maximum atomic E-state index is 11.8. The van der Waals surface area contributed by atoms with Crippen molar-refractivity contribution in [1.29, 1.82) is 0 Å². The number of carbonyl (C=O) groups excluding carboxylic acids is 1. The molecule has 1 rings (SSSR count). The highest BCUT2D eigenvalue weighted by atomic mass is 32.2. The molecule has 0 bridgehead atoms. The molecule has 0 atom stereocenters. The van der Waals surface area contributed by atoms with E-state index in [1.807, 2.05) is 45.2 Å². The second-order valence-electron chi connectivity index (χ2n) is 3.66. The van der Waals surface area contributed by atoms with E-state index in [0.717, 1.165) is 10.5 Å². The van der Waals surface area contributed by atoms with Gasteiger partial charge in [0.05, 0.1) is 11.7 Å². The number of benzene rings is 1. The van der Waals surface area contributed by atoms with Gasteiger partial charge in [-0.25, -0.2) is 4.79 Å². The minimum atomic E-state index is -0.238. The number of thioether (sulfide) groups is 1. The maximum absolute atomic E-state index is 11.8. The molecule has 82 valence electrons. The van der Waals surface area contributed by atoms with Crippen molar-refractivity contribution in [2.24, 2.45) is 0 Å². The third kappa shape index (κ3) is 3.27. The van der Waals surface area contributed by atoms with Gasteiger partial charge >= 0.3 is 5.97 Å². The predicted molar refractivity (Wildman–Crippen MR) is 63.5 cm³/mol. The summed E-state index contributed by atoms with van der Waals surface area (Å²) in [6.07, 6.45) is 1.88. The zero-order chi connectivity index (χ0) is 11.4. The van der Waals surface area contributed by atoms with E-state index in [-0.39, 0.29) is 12.1 Å². The maximum Gasteiger partial charge on any atom is 0.339 e. The molecule has 15 heavy (non-hydrogen) atoms. The average Bonchev–Trinajstić information content (AvgIpc) is 2.16. The van der Waals surface area contributed by atoms with Crippen LogP contribution in [0.3, 0.4) is 0 Å². The molecule has 1 aromatic carbocycles. The van der Waals surface area contributed by atoms with Gasteiger partial charge in [0, 0.05) is 4.90 Å². The van der Waals surface area contributed by atoms with E-state index in [2.05, 4.69) is 0 Å². The van der Waals surface area contributed by atoms with Crippen LogP contribution in [0, 0.1) is 6.92 Å². The van der Waals surface area contributed by atoms with Gasteiger partial charge in [-0.1, -0.05) is 11.6 Å². The highest BCUT2D eigenvalue weighted by Gasteiger charge is 2.13. The minimum Gasteiger partial charge on any atom is -0.459 e. The molecule has 0 aliphatic heterocycles. The number of aryl methyl sites for hydroxylation is 1. The lowest BCUT2D eigenvalue weighted by atomic mass is 10.1. The Kier molecular flexibility index (Phi) is 4.21. The lowest BCUT2D eigenvalue weighted by molar-refractivity contribution is 0.0373. The molecule has 0 heterocycles. The molecule has 0 radical (unpaired) electrons. The molecule has 0 aliphatic rings. The zero-order valence-corrected chi connectivity index (χ0v) is 10.4. The lowest BCUT2D eigenvalue weighted by Gasteiger charge is -2.11. The van der Waals surface area contributed by atoms with Gasteiger partial charge < -0.3 is 4.74 Å². The molecule has 3 heteroatoms. The fourth-order valence-electron chi connectivity index (χ4n) is 1.26. The average molecular weight is 224 g/mol. The van der Waals surface area contributed by atoms with E-state index in [0.29, 0.717) is 5.56 Å². The largest absolute Gasteiger partial charge is 0.459 e. The number of hydrogen-bond acceptors (Lipinski definition) is 3. The summed E-state index contributed by atoms with van der Waals surface area (Å²) < 4.78 is 5.18. The molecule has 0 saturated carbocycles. The van der Waals surface area contributed by atoms with Crippen molar-refractivity contribution < 1.29 is 9.53 Å². The first-order chi connectivity index (χ1) is 7.04. The van der Waals surface area contributed by atoms with Crippen molar-refractivity contribution in [2.75, 3.05) is 6.26 Å². The van der Waals surface area contributed by atoms with Crippen molar-refractivity contribution in [1.82, 2.24) is 0 Å². The first-order valence-corrected chi connectivity index (χ1v) is 6.12. The summed E-state index contributed by atoms with van der Waals surface area (Å²) in [5.74, 6) is -0.238. The summed E-state index contributed by atoms with van der Waals surface area (Å²) in [4.78, 5) is 12.7. The van der Waals surface area contributed by atoms with Crippen LogP contribution in [0.5, 0.6) is 0 Å². The van der Waals surface area contributed by atoms with Crippen LogP contribution in [0.25, 0.3) is 0 Å². The molecule has 1 aromatic rings. The van der Waals surface area contributed by atoms with Gasteiger partial charge in [-0.15, -0.1) is 11.8 Å². The smallest absolute Gasteiger partial charge is 0.339 e. The summed E-state index contributed by atoms with van der Waals surface area (Å²) in [6, 6.07) is 5.82. The van der Waals surface area contributed by atoms with Gasteiger partial charge in [-0.2, -0.15) is 0 Å². The second-order valence-corrected chi connectivity index (χ2v) is 4.51. The van der Waals surface area contributed by atoms with Crippen LogP contribution in [0.4, 0.5) is 0 Å². The third-order valence-electron chi connectivity index (χ3n) is 1.92.